The number of hydrogen-bond acceptors (Lipinski definition) is 1. The molecule has 2 bridgehead atoms. The first kappa shape index (κ1) is 37.4. The lowest BCUT2D eigenvalue weighted by Gasteiger charge is -2.43. The van der Waals surface area contributed by atoms with Crippen LogP contribution in [0.5, 0.6) is 0 Å². The lowest BCUT2D eigenvalue weighted by Crippen LogP contribution is -2.34. The first-order valence-corrected chi connectivity index (χ1v) is 23.1. The van der Waals surface area contributed by atoms with Crippen molar-refractivity contribution >= 4 is 49.6 Å². The first-order valence-electron chi connectivity index (χ1n) is 23.1. The number of aromatic nitrogens is 1. The Labute approximate surface area is 366 Å². The molecule has 2 heteroatoms. The monoisotopic (exact) mass is 802 g/mol. The molecule has 1 unspecified atom stereocenters. The summed E-state index contributed by atoms with van der Waals surface area (Å²) in [6.45, 7) is 7.32. The summed E-state index contributed by atoms with van der Waals surface area (Å²) in [5.41, 5.74) is 17.0. The molecule has 12 rings (SSSR count). The van der Waals surface area contributed by atoms with Crippen molar-refractivity contribution < 1.29 is 0 Å². The molecule has 0 amide bonds. The van der Waals surface area contributed by atoms with Crippen molar-refractivity contribution in [2.75, 3.05) is 4.90 Å². The van der Waals surface area contributed by atoms with Crippen molar-refractivity contribution in [2.24, 2.45) is 11.8 Å². The fourth-order valence-corrected chi connectivity index (χ4v) is 12.6. The number of para-hydroxylation sites is 2. The standard InChI is InChI=1S/C60H54N2/c1-40-25-26-41-14-13-35-60(38-40,39-41)53-22-9-11-24-56(53)61(47-32-33-50-49-19-6-8-21-52(49)59(2,3)54(50)37-47)45-30-27-42(28-31-45)44-16-12-17-46(36-44)62-55-23-10-7-20-51(55)58-48-18-5-4-15-43(48)29-34-57(58)62/h4-12,15-24,27-34,36-37,40-41H,13-14,25-26,35,38-39H2,1-3H3/t40-,41-,60?/m0/s1. The number of anilines is 3. The van der Waals surface area contributed by atoms with Gasteiger partial charge in [0.15, 0.2) is 0 Å². The molecule has 0 aliphatic heterocycles. The summed E-state index contributed by atoms with van der Waals surface area (Å²) in [7, 11) is 0. The van der Waals surface area contributed by atoms with Gasteiger partial charge in [0.1, 0.15) is 0 Å². The van der Waals surface area contributed by atoms with Gasteiger partial charge in [-0.05, 0) is 141 Å². The van der Waals surface area contributed by atoms with E-state index >= 15 is 0 Å². The molecule has 3 aliphatic rings. The Bertz CT molecular complexity index is 3180. The average Bonchev–Trinajstić information content (AvgIpc) is 3.73. The number of nitrogens with zero attached hydrogens (tertiary/aromatic N) is 2. The molecular formula is C60H54N2. The van der Waals surface area contributed by atoms with Crippen LogP contribution in [0.1, 0.15) is 82.4 Å². The highest BCUT2D eigenvalue weighted by Crippen LogP contribution is 2.55. The van der Waals surface area contributed by atoms with E-state index in [0.29, 0.717) is 0 Å². The van der Waals surface area contributed by atoms with Crippen LogP contribution in [0.3, 0.4) is 0 Å². The van der Waals surface area contributed by atoms with Gasteiger partial charge >= 0.3 is 0 Å². The minimum Gasteiger partial charge on any atom is -0.310 e. The Morgan fingerprint density at radius 2 is 1.27 bits per heavy atom. The molecule has 0 spiro atoms. The zero-order chi connectivity index (χ0) is 41.6. The van der Waals surface area contributed by atoms with Crippen LogP contribution >= 0.6 is 0 Å². The van der Waals surface area contributed by atoms with Gasteiger partial charge in [0, 0.05) is 38.9 Å². The highest BCUT2D eigenvalue weighted by atomic mass is 15.1. The van der Waals surface area contributed by atoms with Crippen LogP contribution in [-0.2, 0) is 10.8 Å². The molecule has 2 fully saturated rings. The third-order valence-corrected chi connectivity index (χ3v) is 15.4. The summed E-state index contributed by atoms with van der Waals surface area (Å²) in [6, 6.07) is 66.6. The molecular weight excluding hydrogens is 749 g/mol. The van der Waals surface area contributed by atoms with Crippen molar-refractivity contribution in [3.63, 3.8) is 0 Å². The quantitative estimate of drug-likeness (QED) is 0.163. The number of hydrogen-bond donors (Lipinski definition) is 0. The van der Waals surface area contributed by atoms with Crippen molar-refractivity contribution in [3.05, 3.63) is 193 Å². The largest absolute Gasteiger partial charge is 0.310 e. The minimum absolute atomic E-state index is 0.0858. The Kier molecular flexibility index (Phi) is 8.65. The normalized spacial score (nSPS) is 20.2. The summed E-state index contributed by atoms with van der Waals surface area (Å²) in [5.74, 6) is 1.56. The molecule has 1 heterocycles. The lowest BCUT2D eigenvalue weighted by molar-refractivity contribution is 0.216. The molecule has 62 heavy (non-hydrogen) atoms. The Balaban J connectivity index is 0.989. The zero-order valence-corrected chi connectivity index (χ0v) is 36.2. The summed E-state index contributed by atoms with van der Waals surface area (Å²) in [6.07, 6.45) is 9.32. The van der Waals surface area contributed by atoms with E-state index in [-0.39, 0.29) is 10.8 Å². The SMILES string of the molecule is C[C@H]1CC[C@@H]2CCCC(c3ccccc3N(c3ccc(-c4cccc(-n5c6ccccc6c6c7ccccc7ccc65)c4)cc3)c3ccc4c(c3)C(C)(C)c3ccccc3-4)(C1)C2. The van der Waals surface area contributed by atoms with Crippen molar-refractivity contribution in [3.8, 4) is 27.9 Å². The molecule has 1 aromatic heterocycles. The van der Waals surface area contributed by atoms with Crippen LogP contribution in [0.25, 0.3) is 60.5 Å². The van der Waals surface area contributed by atoms with Gasteiger partial charge in [-0.2, -0.15) is 0 Å². The summed E-state index contributed by atoms with van der Waals surface area (Å²) >= 11 is 0. The van der Waals surface area contributed by atoms with E-state index in [1.54, 1.807) is 0 Å². The summed E-state index contributed by atoms with van der Waals surface area (Å²) in [5, 5.41) is 5.17. The maximum absolute atomic E-state index is 2.60. The fourth-order valence-electron chi connectivity index (χ4n) is 12.6. The fraction of sp³-hybridized carbons (Fsp3) is 0.233. The molecule has 2 nitrogen and oxygen atoms in total. The van der Waals surface area contributed by atoms with Gasteiger partial charge in [-0.1, -0.05) is 168 Å². The van der Waals surface area contributed by atoms with Crippen LogP contribution in [-0.4, -0.2) is 4.57 Å². The van der Waals surface area contributed by atoms with Gasteiger partial charge < -0.3 is 9.47 Å². The van der Waals surface area contributed by atoms with Gasteiger partial charge in [0.05, 0.1) is 11.0 Å². The van der Waals surface area contributed by atoms with E-state index < -0.39 is 0 Å². The van der Waals surface area contributed by atoms with E-state index in [1.165, 1.54) is 139 Å². The Hall–Kier alpha value is -6.38. The van der Waals surface area contributed by atoms with Crippen LogP contribution < -0.4 is 4.90 Å². The molecule has 2 saturated carbocycles. The van der Waals surface area contributed by atoms with Gasteiger partial charge in [0.2, 0.25) is 0 Å². The van der Waals surface area contributed by atoms with Crippen molar-refractivity contribution in [1.82, 2.24) is 4.57 Å². The van der Waals surface area contributed by atoms with Crippen molar-refractivity contribution in [2.45, 2.75) is 76.5 Å². The second-order valence-electron chi connectivity index (χ2n) is 19.5. The van der Waals surface area contributed by atoms with E-state index in [2.05, 4.69) is 206 Å². The Morgan fingerprint density at radius 1 is 0.532 bits per heavy atom. The van der Waals surface area contributed by atoms with Gasteiger partial charge in [-0.25, -0.2) is 0 Å². The smallest absolute Gasteiger partial charge is 0.0547 e. The number of benzene rings is 8. The second-order valence-corrected chi connectivity index (χ2v) is 19.5. The third kappa shape index (κ3) is 5.83. The third-order valence-electron chi connectivity index (χ3n) is 15.4. The topological polar surface area (TPSA) is 8.17 Å². The maximum atomic E-state index is 2.60. The average molecular weight is 803 g/mol. The van der Waals surface area contributed by atoms with E-state index in [1.807, 2.05) is 0 Å². The second kappa shape index (κ2) is 14.3. The van der Waals surface area contributed by atoms with E-state index in [9.17, 15) is 0 Å². The lowest BCUT2D eigenvalue weighted by atomic mass is 9.63. The number of rotatable bonds is 6. The zero-order valence-electron chi connectivity index (χ0n) is 36.2. The highest BCUT2D eigenvalue weighted by molar-refractivity contribution is 6.21. The van der Waals surface area contributed by atoms with Crippen LogP contribution in [0, 0.1) is 11.8 Å². The molecule has 3 aliphatic carbocycles. The molecule has 0 saturated heterocycles. The summed E-state index contributed by atoms with van der Waals surface area (Å²) < 4.78 is 2.45. The van der Waals surface area contributed by atoms with Gasteiger partial charge in [0.25, 0.3) is 0 Å². The molecule has 304 valence electrons. The predicted octanol–water partition coefficient (Wildman–Crippen LogP) is 16.6. The van der Waals surface area contributed by atoms with Gasteiger partial charge in [-0.15, -0.1) is 0 Å². The van der Waals surface area contributed by atoms with E-state index in [0.717, 1.165) is 11.8 Å². The first-order chi connectivity index (χ1) is 30.4. The predicted molar refractivity (Wildman–Crippen MR) is 263 cm³/mol. The maximum Gasteiger partial charge on any atom is 0.0547 e. The van der Waals surface area contributed by atoms with Crippen LogP contribution in [0.2, 0.25) is 0 Å². The Morgan fingerprint density at radius 3 is 2.16 bits per heavy atom. The molecule has 3 atom stereocenters. The molecule has 9 aromatic rings. The molecule has 0 N–H and O–H groups in total. The summed E-state index contributed by atoms with van der Waals surface area (Å²) in [4.78, 5) is 2.60. The highest BCUT2D eigenvalue weighted by Gasteiger charge is 2.43. The van der Waals surface area contributed by atoms with Crippen LogP contribution in [0.15, 0.2) is 176 Å². The minimum atomic E-state index is -0.0858. The molecule has 0 radical (unpaired) electrons. The molecule has 8 aromatic carbocycles. The van der Waals surface area contributed by atoms with Crippen molar-refractivity contribution in [1.29, 1.82) is 0 Å². The van der Waals surface area contributed by atoms with Crippen LogP contribution in [0.4, 0.5) is 17.1 Å². The van der Waals surface area contributed by atoms with Gasteiger partial charge in [-0.3, -0.25) is 0 Å². The number of fused-ring (bicyclic) bond motifs is 10. The van der Waals surface area contributed by atoms with E-state index in [4.69, 9.17) is 0 Å².